The number of nitrogens with one attached hydrogen (secondary N) is 1. The summed E-state index contributed by atoms with van der Waals surface area (Å²) in [6.45, 7) is 3.14. The van der Waals surface area contributed by atoms with E-state index >= 15 is 0 Å². The van der Waals surface area contributed by atoms with Crippen molar-refractivity contribution < 1.29 is 4.74 Å². The van der Waals surface area contributed by atoms with Gasteiger partial charge in [0.25, 0.3) is 0 Å². The number of aromatic nitrogens is 1. The molecular formula is C16H26N2O. The third-order valence-electron chi connectivity index (χ3n) is 4.20. The van der Waals surface area contributed by atoms with E-state index in [9.17, 15) is 0 Å². The first-order valence-electron chi connectivity index (χ1n) is 7.53. The fourth-order valence-corrected chi connectivity index (χ4v) is 2.91. The van der Waals surface area contributed by atoms with Crippen molar-refractivity contribution in [2.45, 2.75) is 58.0 Å². The van der Waals surface area contributed by atoms with Gasteiger partial charge in [0.2, 0.25) is 5.88 Å². The molecule has 1 aliphatic carbocycles. The number of nitrogens with zero attached hydrogens (tertiary/aromatic N) is 1. The van der Waals surface area contributed by atoms with Gasteiger partial charge in [-0.15, -0.1) is 0 Å². The summed E-state index contributed by atoms with van der Waals surface area (Å²) in [5, 5.41) is 3.63. The number of hydrogen-bond acceptors (Lipinski definition) is 3. The van der Waals surface area contributed by atoms with Gasteiger partial charge in [0.15, 0.2) is 0 Å². The fourth-order valence-electron chi connectivity index (χ4n) is 2.91. The topological polar surface area (TPSA) is 34.1 Å². The lowest BCUT2D eigenvalue weighted by atomic mass is 9.93. The van der Waals surface area contributed by atoms with Crippen LogP contribution in [0.3, 0.4) is 0 Å². The maximum Gasteiger partial charge on any atom is 0.213 e. The lowest BCUT2D eigenvalue weighted by Crippen LogP contribution is -2.33. The molecule has 0 amide bonds. The molecule has 1 fully saturated rings. The zero-order valence-corrected chi connectivity index (χ0v) is 12.2. The Morgan fingerprint density at radius 2 is 2.00 bits per heavy atom. The second kappa shape index (κ2) is 7.49. The molecule has 1 aromatic heterocycles. The minimum atomic E-state index is 0.575. The van der Waals surface area contributed by atoms with Crippen LogP contribution in [0.5, 0.6) is 5.88 Å². The first-order valence-corrected chi connectivity index (χ1v) is 7.53. The van der Waals surface area contributed by atoms with Crippen molar-refractivity contribution in [2.75, 3.05) is 7.11 Å². The third kappa shape index (κ3) is 4.50. The lowest BCUT2D eigenvalue weighted by Gasteiger charge is -2.23. The van der Waals surface area contributed by atoms with Crippen molar-refractivity contribution in [1.29, 1.82) is 0 Å². The van der Waals surface area contributed by atoms with Crippen molar-refractivity contribution >= 4 is 0 Å². The van der Waals surface area contributed by atoms with E-state index < -0.39 is 0 Å². The van der Waals surface area contributed by atoms with E-state index in [1.165, 1.54) is 38.5 Å². The Morgan fingerprint density at radius 3 is 2.68 bits per heavy atom. The highest BCUT2D eigenvalue weighted by atomic mass is 16.5. The predicted molar refractivity (Wildman–Crippen MR) is 78.3 cm³/mol. The number of pyridine rings is 1. The van der Waals surface area contributed by atoms with Crippen LogP contribution in [0.2, 0.25) is 0 Å². The van der Waals surface area contributed by atoms with Gasteiger partial charge < -0.3 is 10.1 Å². The van der Waals surface area contributed by atoms with Crippen LogP contribution >= 0.6 is 0 Å². The van der Waals surface area contributed by atoms with Gasteiger partial charge >= 0.3 is 0 Å². The summed E-state index contributed by atoms with van der Waals surface area (Å²) in [7, 11) is 1.66. The zero-order valence-electron chi connectivity index (χ0n) is 12.2. The van der Waals surface area contributed by atoms with Crippen LogP contribution in [0.1, 0.15) is 51.1 Å². The minimum absolute atomic E-state index is 0.575. The predicted octanol–water partition coefficient (Wildman–Crippen LogP) is 3.54. The standard InChI is InChI=1S/C16H26N2O/c1-13(14-8-5-3-4-6-9-14)17-12-15-10-7-11-16(18-15)19-2/h7,10-11,13-14,17H,3-6,8-9,12H2,1-2H3/t13-/m1/s1. The molecule has 1 aromatic rings. The van der Waals surface area contributed by atoms with Crippen molar-refractivity contribution in [1.82, 2.24) is 10.3 Å². The van der Waals surface area contributed by atoms with Crippen molar-refractivity contribution in [3.05, 3.63) is 23.9 Å². The molecule has 3 heteroatoms. The van der Waals surface area contributed by atoms with Crippen LogP contribution < -0.4 is 10.1 Å². The van der Waals surface area contributed by atoms with Crippen molar-refractivity contribution in [3.63, 3.8) is 0 Å². The van der Waals surface area contributed by atoms with Gasteiger partial charge in [-0.2, -0.15) is 0 Å². The van der Waals surface area contributed by atoms with E-state index in [0.717, 1.165) is 18.2 Å². The molecule has 0 aromatic carbocycles. The van der Waals surface area contributed by atoms with Crippen LogP contribution in [0, 0.1) is 5.92 Å². The molecule has 1 saturated carbocycles. The number of methoxy groups -OCH3 is 1. The van der Waals surface area contributed by atoms with E-state index in [1.54, 1.807) is 7.11 Å². The number of ether oxygens (including phenoxy) is 1. The van der Waals surface area contributed by atoms with Gasteiger partial charge in [0.05, 0.1) is 12.8 Å². The molecule has 0 saturated heterocycles. The van der Waals surface area contributed by atoms with Crippen molar-refractivity contribution in [2.24, 2.45) is 5.92 Å². The average molecular weight is 262 g/mol. The highest BCUT2D eigenvalue weighted by Gasteiger charge is 2.18. The molecule has 1 N–H and O–H groups in total. The second-order valence-corrected chi connectivity index (χ2v) is 5.59. The maximum atomic E-state index is 5.16. The van der Waals surface area contributed by atoms with Gasteiger partial charge in [-0.05, 0) is 31.7 Å². The molecular weight excluding hydrogens is 236 g/mol. The van der Waals surface area contributed by atoms with E-state index in [-0.39, 0.29) is 0 Å². The Bertz CT molecular complexity index is 373. The molecule has 0 unspecified atom stereocenters. The van der Waals surface area contributed by atoms with E-state index in [4.69, 9.17) is 4.74 Å². The Labute approximate surface area is 116 Å². The smallest absolute Gasteiger partial charge is 0.213 e. The Balaban J connectivity index is 1.83. The van der Waals surface area contributed by atoms with Gasteiger partial charge in [0, 0.05) is 18.7 Å². The largest absolute Gasteiger partial charge is 0.481 e. The molecule has 1 heterocycles. The van der Waals surface area contributed by atoms with Crippen LogP contribution in [0.4, 0.5) is 0 Å². The number of rotatable bonds is 5. The van der Waals surface area contributed by atoms with Crippen LogP contribution in [-0.4, -0.2) is 18.1 Å². The summed E-state index contributed by atoms with van der Waals surface area (Å²) in [5.41, 5.74) is 1.06. The Hall–Kier alpha value is -1.09. The van der Waals surface area contributed by atoms with Gasteiger partial charge in [-0.3, -0.25) is 0 Å². The quantitative estimate of drug-likeness (QED) is 0.824. The van der Waals surface area contributed by atoms with Gasteiger partial charge in [0.1, 0.15) is 0 Å². The van der Waals surface area contributed by atoms with Crippen LogP contribution in [-0.2, 0) is 6.54 Å². The normalized spacial score (nSPS) is 18.8. The molecule has 1 aliphatic rings. The first kappa shape index (κ1) is 14.3. The summed E-state index contributed by atoms with van der Waals surface area (Å²) in [6, 6.07) is 6.51. The Kier molecular flexibility index (Phi) is 5.64. The first-order chi connectivity index (χ1) is 9.29. The highest BCUT2D eigenvalue weighted by Crippen LogP contribution is 2.25. The molecule has 0 radical (unpaired) electrons. The molecule has 2 rings (SSSR count). The summed E-state index contributed by atoms with van der Waals surface area (Å²) < 4.78 is 5.16. The molecule has 0 bridgehead atoms. The van der Waals surface area contributed by atoms with Gasteiger partial charge in [-0.25, -0.2) is 4.98 Å². The second-order valence-electron chi connectivity index (χ2n) is 5.59. The molecule has 0 spiro atoms. The average Bonchev–Trinajstić information content (AvgIpc) is 2.74. The third-order valence-corrected chi connectivity index (χ3v) is 4.20. The molecule has 106 valence electrons. The molecule has 1 atom stereocenters. The van der Waals surface area contributed by atoms with E-state index in [1.807, 2.05) is 12.1 Å². The lowest BCUT2D eigenvalue weighted by molar-refractivity contribution is 0.334. The number of hydrogen-bond donors (Lipinski definition) is 1. The van der Waals surface area contributed by atoms with Crippen molar-refractivity contribution in [3.8, 4) is 5.88 Å². The summed E-state index contributed by atoms with van der Waals surface area (Å²) in [6.07, 6.45) is 8.38. The summed E-state index contributed by atoms with van der Waals surface area (Å²) in [4.78, 5) is 4.44. The zero-order chi connectivity index (χ0) is 13.5. The Morgan fingerprint density at radius 1 is 1.26 bits per heavy atom. The van der Waals surface area contributed by atoms with E-state index in [2.05, 4.69) is 23.3 Å². The SMILES string of the molecule is COc1cccc(CN[C@H](C)C2CCCCCC2)n1. The highest BCUT2D eigenvalue weighted by molar-refractivity contribution is 5.15. The molecule has 0 aliphatic heterocycles. The minimum Gasteiger partial charge on any atom is -0.481 e. The fraction of sp³-hybridized carbons (Fsp3) is 0.688. The van der Waals surface area contributed by atoms with Crippen LogP contribution in [0.25, 0.3) is 0 Å². The monoisotopic (exact) mass is 262 g/mol. The maximum absolute atomic E-state index is 5.16. The molecule has 3 nitrogen and oxygen atoms in total. The summed E-state index contributed by atoms with van der Waals surface area (Å²) in [5.74, 6) is 1.52. The summed E-state index contributed by atoms with van der Waals surface area (Å²) >= 11 is 0. The molecule has 19 heavy (non-hydrogen) atoms. The van der Waals surface area contributed by atoms with Crippen LogP contribution in [0.15, 0.2) is 18.2 Å². The van der Waals surface area contributed by atoms with Gasteiger partial charge in [-0.1, -0.05) is 31.7 Å². The van der Waals surface area contributed by atoms with E-state index in [0.29, 0.717) is 11.9 Å².